The van der Waals surface area contributed by atoms with Gasteiger partial charge in [-0.3, -0.25) is 9.36 Å². The summed E-state index contributed by atoms with van der Waals surface area (Å²) in [6.45, 7) is 2.64. The van der Waals surface area contributed by atoms with E-state index in [0.717, 1.165) is 11.1 Å². The number of ether oxygens (including phenoxy) is 3. The number of aromatic nitrogens is 2. The fourth-order valence-corrected chi connectivity index (χ4v) is 4.07. The molecule has 0 saturated carbocycles. The van der Waals surface area contributed by atoms with E-state index in [9.17, 15) is 4.79 Å². The van der Waals surface area contributed by atoms with E-state index in [-0.39, 0.29) is 5.56 Å². The lowest BCUT2D eigenvalue weighted by molar-refractivity contribution is 0.285. The van der Waals surface area contributed by atoms with Crippen LogP contribution in [0.15, 0.2) is 102 Å². The van der Waals surface area contributed by atoms with Crippen LogP contribution >= 0.6 is 0 Å². The molecule has 36 heavy (non-hydrogen) atoms. The Morgan fingerprint density at radius 3 is 2.08 bits per heavy atom. The molecule has 180 valence electrons. The predicted octanol–water partition coefficient (Wildman–Crippen LogP) is 5.86. The lowest BCUT2D eigenvalue weighted by Gasteiger charge is -2.15. The van der Waals surface area contributed by atoms with Gasteiger partial charge in [0.25, 0.3) is 5.56 Å². The van der Waals surface area contributed by atoms with E-state index in [4.69, 9.17) is 19.2 Å². The maximum Gasteiger partial charge on any atom is 0.266 e. The van der Waals surface area contributed by atoms with Crippen molar-refractivity contribution in [1.29, 1.82) is 0 Å². The van der Waals surface area contributed by atoms with E-state index >= 15 is 0 Å². The van der Waals surface area contributed by atoms with Crippen molar-refractivity contribution in [3.63, 3.8) is 0 Å². The minimum atomic E-state index is -0.189. The van der Waals surface area contributed by atoms with Crippen LogP contribution in [-0.2, 0) is 13.2 Å². The summed E-state index contributed by atoms with van der Waals surface area (Å²) in [5.74, 6) is 2.25. The lowest BCUT2D eigenvalue weighted by Crippen LogP contribution is -2.22. The Balaban J connectivity index is 1.47. The van der Waals surface area contributed by atoms with Crippen molar-refractivity contribution < 1.29 is 14.2 Å². The van der Waals surface area contributed by atoms with Gasteiger partial charge in [0.15, 0.2) is 11.5 Å². The first-order valence-electron chi connectivity index (χ1n) is 11.7. The molecule has 6 nitrogen and oxygen atoms in total. The van der Waals surface area contributed by atoms with E-state index in [2.05, 4.69) is 0 Å². The lowest BCUT2D eigenvalue weighted by atomic mass is 10.2. The van der Waals surface area contributed by atoms with E-state index in [1.807, 2.05) is 91.9 Å². The number of fused-ring (bicyclic) bond motifs is 1. The second-order valence-electron chi connectivity index (χ2n) is 8.37. The summed E-state index contributed by atoms with van der Waals surface area (Å²) >= 11 is 0. The second kappa shape index (κ2) is 10.4. The Kier molecular flexibility index (Phi) is 6.67. The third kappa shape index (κ3) is 4.93. The molecule has 0 saturated heterocycles. The standard InChI is InChI=1S/C30H26N2O4/c1-21-31-27-18-29(36-20-23-12-7-4-8-13-23)28(34-2)17-26(27)30(33)32(21)24-14-9-15-25(16-24)35-19-22-10-5-3-6-11-22/h3-18H,19-20H2,1-2H3. The Morgan fingerprint density at radius 1 is 0.750 bits per heavy atom. The van der Waals surface area contributed by atoms with Gasteiger partial charge in [-0.25, -0.2) is 4.98 Å². The van der Waals surface area contributed by atoms with Crippen molar-refractivity contribution in [2.24, 2.45) is 0 Å². The van der Waals surface area contributed by atoms with Crippen LogP contribution in [0.5, 0.6) is 17.2 Å². The first-order chi connectivity index (χ1) is 17.6. The zero-order valence-corrected chi connectivity index (χ0v) is 20.2. The highest BCUT2D eigenvalue weighted by Crippen LogP contribution is 2.31. The molecule has 1 heterocycles. The van der Waals surface area contributed by atoms with Gasteiger partial charge < -0.3 is 14.2 Å². The number of benzene rings is 4. The van der Waals surface area contributed by atoms with Gasteiger partial charge in [0.05, 0.1) is 23.7 Å². The van der Waals surface area contributed by atoms with Crippen LogP contribution < -0.4 is 19.8 Å². The molecular weight excluding hydrogens is 452 g/mol. The van der Waals surface area contributed by atoms with E-state index in [1.165, 1.54) is 0 Å². The third-order valence-corrected chi connectivity index (χ3v) is 5.88. The molecule has 5 aromatic rings. The predicted molar refractivity (Wildman–Crippen MR) is 140 cm³/mol. The second-order valence-corrected chi connectivity index (χ2v) is 8.37. The van der Waals surface area contributed by atoms with Crippen LogP contribution in [0, 0.1) is 6.92 Å². The molecule has 0 aliphatic heterocycles. The fourth-order valence-electron chi connectivity index (χ4n) is 4.07. The summed E-state index contributed by atoms with van der Waals surface area (Å²) in [6, 6.07) is 30.7. The highest BCUT2D eigenvalue weighted by atomic mass is 16.5. The normalized spacial score (nSPS) is 10.8. The van der Waals surface area contributed by atoms with Gasteiger partial charge in [-0.05, 0) is 36.2 Å². The maximum atomic E-state index is 13.6. The number of rotatable bonds is 8. The Morgan fingerprint density at radius 2 is 1.42 bits per heavy atom. The maximum absolute atomic E-state index is 13.6. The van der Waals surface area contributed by atoms with Gasteiger partial charge in [0, 0.05) is 12.1 Å². The SMILES string of the molecule is COc1cc2c(=O)n(-c3cccc(OCc4ccccc4)c3)c(C)nc2cc1OCc1ccccc1. The van der Waals surface area contributed by atoms with E-state index in [1.54, 1.807) is 23.8 Å². The monoisotopic (exact) mass is 478 g/mol. The molecule has 0 unspecified atom stereocenters. The highest BCUT2D eigenvalue weighted by Gasteiger charge is 2.15. The average molecular weight is 479 g/mol. The molecule has 0 fully saturated rings. The Hall–Kier alpha value is -4.58. The minimum Gasteiger partial charge on any atom is -0.493 e. The molecule has 0 radical (unpaired) electrons. The van der Waals surface area contributed by atoms with Crippen LogP contribution in [0.3, 0.4) is 0 Å². The van der Waals surface area contributed by atoms with Crippen LogP contribution in [0.25, 0.3) is 16.6 Å². The molecule has 0 spiro atoms. The average Bonchev–Trinajstić information content (AvgIpc) is 2.92. The summed E-state index contributed by atoms with van der Waals surface area (Å²) in [4.78, 5) is 18.3. The highest BCUT2D eigenvalue weighted by molar-refractivity contribution is 5.82. The summed E-state index contributed by atoms with van der Waals surface area (Å²) in [7, 11) is 1.56. The van der Waals surface area contributed by atoms with Gasteiger partial charge >= 0.3 is 0 Å². The first kappa shape index (κ1) is 23.2. The zero-order valence-electron chi connectivity index (χ0n) is 20.2. The smallest absolute Gasteiger partial charge is 0.266 e. The van der Waals surface area contributed by atoms with Crippen molar-refractivity contribution in [1.82, 2.24) is 9.55 Å². The molecule has 0 aliphatic rings. The van der Waals surface area contributed by atoms with Crippen LogP contribution in [-0.4, -0.2) is 16.7 Å². The molecule has 6 heteroatoms. The molecule has 0 atom stereocenters. The summed E-state index contributed by atoms with van der Waals surface area (Å²) in [6.07, 6.45) is 0. The van der Waals surface area contributed by atoms with Gasteiger partial charge in [-0.1, -0.05) is 66.7 Å². The molecule has 5 rings (SSSR count). The number of aryl methyl sites for hydroxylation is 1. The fraction of sp³-hybridized carbons (Fsp3) is 0.133. The number of nitrogens with zero attached hydrogens (tertiary/aromatic N) is 2. The van der Waals surface area contributed by atoms with Crippen molar-refractivity contribution in [3.05, 3.63) is 124 Å². The topological polar surface area (TPSA) is 62.6 Å². The van der Waals surface area contributed by atoms with Crippen molar-refractivity contribution in [2.45, 2.75) is 20.1 Å². The number of methoxy groups -OCH3 is 1. The van der Waals surface area contributed by atoms with Gasteiger partial charge in [0.2, 0.25) is 0 Å². The molecule has 0 aliphatic carbocycles. The van der Waals surface area contributed by atoms with Crippen LogP contribution in [0.2, 0.25) is 0 Å². The first-order valence-corrected chi connectivity index (χ1v) is 11.7. The Labute approximate surface area is 209 Å². The molecule has 1 aromatic heterocycles. The van der Waals surface area contributed by atoms with Gasteiger partial charge in [0.1, 0.15) is 24.8 Å². The van der Waals surface area contributed by atoms with Gasteiger partial charge in [-0.15, -0.1) is 0 Å². The summed E-state index contributed by atoms with van der Waals surface area (Å²) in [5, 5.41) is 0.445. The zero-order chi connectivity index (χ0) is 24.9. The molecule has 4 aromatic carbocycles. The van der Waals surface area contributed by atoms with Gasteiger partial charge in [-0.2, -0.15) is 0 Å². The van der Waals surface area contributed by atoms with E-state index < -0.39 is 0 Å². The largest absolute Gasteiger partial charge is 0.493 e. The van der Waals surface area contributed by atoms with E-state index in [0.29, 0.717) is 52.9 Å². The van der Waals surface area contributed by atoms with Crippen molar-refractivity contribution >= 4 is 10.9 Å². The summed E-state index contributed by atoms with van der Waals surface area (Å²) < 4.78 is 19.1. The summed E-state index contributed by atoms with van der Waals surface area (Å²) in [5.41, 5.74) is 3.15. The van der Waals surface area contributed by atoms with Crippen LogP contribution in [0.4, 0.5) is 0 Å². The number of hydrogen-bond acceptors (Lipinski definition) is 5. The molecular formula is C30H26N2O4. The van der Waals surface area contributed by atoms with Crippen LogP contribution in [0.1, 0.15) is 17.0 Å². The Bertz CT molecular complexity index is 1550. The quantitative estimate of drug-likeness (QED) is 0.280. The molecule has 0 amide bonds. The van der Waals surface area contributed by atoms with Crippen molar-refractivity contribution in [2.75, 3.05) is 7.11 Å². The molecule has 0 N–H and O–H groups in total. The third-order valence-electron chi connectivity index (χ3n) is 5.88. The molecule has 0 bridgehead atoms. The number of hydrogen-bond donors (Lipinski definition) is 0. The van der Waals surface area contributed by atoms with Crippen molar-refractivity contribution in [3.8, 4) is 22.9 Å². The minimum absolute atomic E-state index is 0.189.